The number of rotatable bonds is 5. The standard InChI is InChI=1S/C16H13N3O5/c1-11-2-6-14(19(23)24)10-15(11)17-16(20)9-5-12-3-7-13(8-4-12)18(21)22/h2-10H,1H3,(H,17,20). The van der Waals surface area contributed by atoms with Crippen LogP contribution in [0.1, 0.15) is 11.1 Å². The van der Waals surface area contributed by atoms with Crippen molar-refractivity contribution in [3.8, 4) is 0 Å². The second-order valence-corrected chi connectivity index (χ2v) is 4.93. The van der Waals surface area contributed by atoms with Crippen molar-refractivity contribution < 1.29 is 14.6 Å². The van der Waals surface area contributed by atoms with Gasteiger partial charge in [-0.1, -0.05) is 6.07 Å². The van der Waals surface area contributed by atoms with E-state index in [4.69, 9.17) is 0 Å². The molecule has 122 valence electrons. The van der Waals surface area contributed by atoms with Crippen molar-refractivity contribution in [2.45, 2.75) is 6.92 Å². The zero-order valence-electron chi connectivity index (χ0n) is 12.6. The van der Waals surface area contributed by atoms with Crippen LogP contribution in [-0.4, -0.2) is 15.8 Å². The van der Waals surface area contributed by atoms with Crippen LogP contribution in [0.2, 0.25) is 0 Å². The molecule has 0 saturated carbocycles. The summed E-state index contributed by atoms with van der Waals surface area (Å²) in [5, 5.41) is 23.9. The lowest BCUT2D eigenvalue weighted by Crippen LogP contribution is -2.09. The SMILES string of the molecule is Cc1ccc([N+](=O)[O-])cc1NC(=O)C=Cc1ccc([N+](=O)[O-])cc1. The third-order valence-electron chi connectivity index (χ3n) is 3.22. The number of carbonyl (C=O) groups excluding carboxylic acids is 1. The first-order valence-corrected chi connectivity index (χ1v) is 6.85. The first-order chi connectivity index (χ1) is 11.4. The number of nitro benzene ring substituents is 2. The average molecular weight is 327 g/mol. The van der Waals surface area contributed by atoms with Gasteiger partial charge in [-0.05, 0) is 36.3 Å². The highest BCUT2D eigenvalue weighted by atomic mass is 16.6. The van der Waals surface area contributed by atoms with Gasteiger partial charge in [0.25, 0.3) is 11.4 Å². The molecule has 8 nitrogen and oxygen atoms in total. The van der Waals surface area contributed by atoms with Crippen molar-refractivity contribution in [1.82, 2.24) is 0 Å². The molecule has 0 aliphatic heterocycles. The monoisotopic (exact) mass is 327 g/mol. The first-order valence-electron chi connectivity index (χ1n) is 6.85. The van der Waals surface area contributed by atoms with E-state index >= 15 is 0 Å². The van der Waals surface area contributed by atoms with Crippen LogP contribution in [0.25, 0.3) is 6.08 Å². The van der Waals surface area contributed by atoms with Crippen molar-refractivity contribution in [3.05, 3.63) is 79.9 Å². The van der Waals surface area contributed by atoms with Gasteiger partial charge in [0.05, 0.1) is 15.5 Å². The minimum absolute atomic E-state index is 0.0381. The van der Waals surface area contributed by atoms with Crippen molar-refractivity contribution in [3.63, 3.8) is 0 Å². The number of non-ortho nitro benzene ring substituents is 2. The number of aryl methyl sites for hydroxylation is 1. The third kappa shape index (κ3) is 4.23. The number of amides is 1. The van der Waals surface area contributed by atoms with E-state index in [0.717, 1.165) is 0 Å². The summed E-state index contributed by atoms with van der Waals surface area (Å²) >= 11 is 0. The summed E-state index contributed by atoms with van der Waals surface area (Å²) in [4.78, 5) is 32.2. The molecular formula is C16H13N3O5. The molecule has 2 aromatic carbocycles. The summed E-state index contributed by atoms with van der Waals surface area (Å²) in [7, 11) is 0. The topological polar surface area (TPSA) is 115 Å². The maximum absolute atomic E-state index is 11.9. The van der Waals surface area contributed by atoms with E-state index in [1.807, 2.05) is 0 Å². The third-order valence-corrected chi connectivity index (χ3v) is 3.22. The Kier molecular flexibility index (Phi) is 5.00. The molecule has 8 heteroatoms. The summed E-state index contributed by atoms with van der Waals surface area (Å²) < 4.78 is 0. The van der Waals surface area contributed by atoms with E-state index in [-0.39, 0.29) is 11.4 Å². The first kappa shape index (κ1) is 16.8. The fourth-order valence-electron chi connectivity index (χ4n) is 1.91. The van der Waals surface area contributed by atoms with Crippen LogP contribution >= 0.6 is 0 Å². The molecule has 0 unspecified atom stereocenters. The van der Waals surface area contributed by atoms with Gasteiger partial charge in [-0.25, -0.2) is 0 Å². The number of nitrogens with zero attached hydrogens (tertiary/aromatic N) is 2. The molecule has 0 radical (unpaired) electrons. The second kappa shape index (κ2) is 7.14. The Labute approximate surface area is 136 Å². The summed E-state index contributed by atoms with van der Waals surface area (Å²) in [6.45, 7) is 1.72. The normalized spacial score (nSPS) is 10.5. The molecule has 0 aliphatic carbocycles. The van der Waals surface area contributed by atoms with Gasteiger partial charge in [0.2, 0.25) is 5.91 Å². The Balaban J connectivity index is 2.09. The molecule has 0 atom stereocenters. The number of carbonyl (C=O) groups is 1. The van der Waals surface area contributed by atoms with Gasteiger partial charge in [0.15, 0.2) is 0 Å². The molecule has 0 fully saturated rings. The zero-order chi connectivity index (χ0) is 17.7. The molecule has 0 bridgehead atoms. The van der Waals surface area contributed by atoms with Crippen molar-refractivity contribution in [1.29, 1.82) is 0 Å². The largest absolute Gasteiger partial charge is 0.322 e. The lowest BCUT2D eigenvalue weighted by atomic mass is 10.1. The zero-order valence-corrected chi connectivity index (χ0v) is 12.6. The quantitative estimate of drug-likeness (QED) is 0.513. The van der Waals surface area contributed by atoms with Gasteiger partial charge in [0, 0.05) is 30.3 Å². The summed E-state index contributed by atoms with van der Waals surface area (Å²) in [6, 6.07) is 9.89. The van der Waals surface area contributed by atoms with E-state index in [0.29, 0.717) is 16.8 Å². The second-order valence-electron chi connectivity index (χ2n) is 4.93. The van der Waals surface area contributed by atoms with Gasteiger partial charge in [-0.3, -0.25) is 25.0 Å². The molecule has 0 spiro atoms. The molecule has 0 aromatic heterocycles. The highest BCUT2D eigenvalue weighted by Gasteiger charge is 2.10. The van der Waals surface area contributed by atoms with Crippen LogP contribution in [0.4, 0.5) is 17.1 Å². The summed E-state index contributed by atoms with van der Waals surface area (Å²) in [6.07, 6.45) is 2.74. The lowest BCUT2D eigenvalue weighted by molar-refractivity contribution is -0.385. The van der Waals surface area contributed by atoms with Gasteiger partial charge in [0.1, 0.15) is 0 Å². The van der Waals surface area contributed by atoms with E-state index in [1.54, 1.807) is 13.0 Å². The highest BCUT2D eigenvalue weighted by Crippen LogP contribution is 2.22. The molecule has 1 N–H and O–H groups in total. The Morgan fingerprint density at radius 1 is 1.00 bits per heavy atom. The van der Waals surface area contributed by atoms with Gasteiger partial charge in [-0.2, -0.15) is 0 Å². The Morgan fingerprint density at radius 2 is 1.58 bits per heavy atom. The fraction of sp³-hybridized carbons (Fsp3) is 0.0625. The average Bonchev–Trinajstić information content (AvgIpc) is 2.55. The maximum atomic E-state index is 11.9. The van der Waals surface area contributed by atoms with Gasteiger partial charge < -0.3 is 5.32 Å². The van der Waals surface area contributed by atoms with Crippen LogP contribution in [0.15, 0.2) is 48.5 Å². The van der Waals surface area contributed by atoms with E-state index in [9.17, 15) is 25.0 Å². The van der Waals surface area contributed by atoms with E-state index in [1.165, 1.54) is 48.6 Å². The van der Waals surface area contributed by atoms with Crippen LogP contribution in [0.3, 0.4) is 0 Å². The van der Waals surface area contributed by atoms with Crippen LogP contribution in [0.5, 0.6) is 0 Å². The summed E-state index contributed by atoms with van der Waals surface area (Å²) in [5.41, 5.74) is 1.51. The molecule has 2 aromatic rings. The maximum Gasteiger partial charge on any atom is 0.271 e. The lowest BCUT2D eigenvalue weighted by Gasteiger charge is -2.05. The van der Waals surface area contributed by atoms with Crippen LogP contribution in [-0.2, 0) is 4.79 Å². The smallest absolute Gasteiger partial charge is 0.271 e. The molecule has 0 saturated heterocycles. The Hall–Kier alpha value is -3.55. The van der Waals surface area contributed by atoms with Gasteiger partial charge in [-0.15, -0.1) is 0 Å². The molecule has 24 heavy (non-hydrogen) atoms. The van der Waals surface area contributed by atoms with Crippen molar-refractivity contribution in [2.75, 3.05) is 5.32 Å². The highest BCUT2D eigenvalue weighted by molar-refractivity contribution is 6.02. The number of anilines is 1. The van der Waals surface area contributed by atoms with E-state index in [2.05, 4.69) is 5.32 Å². The minimum Gasteiger partial charge on any atom is -0.322 e. The molecular weight excluding hydrogens is 314 g/mol. The number of nitrogens with one attached hydrogen (secondary N) is 1. The fourth-order valence-corrected chi connectivity index (χ4v) is 1.91. The predicted octanol–water partition coefficient (Wildman–Crippen LogP) is 3.46. The van der Waals surface area contributed by atoms with Gasteiger partial charge >= 0.3 is 0 Å². The number of benzene rings is 2. The van der Waals surface area contributed by atoms with E-state index < -0.39 is 15.8 Å². The molecule has 1 amide bonds. The Bertz CT molecular complexity index is 828. The molecule has 2 rings (SSSR count). The predicted molar refractivity (Wildman–Crippen MR) is 88.6 cm³/mol. The molecule has 0 heterocycles. The van der Waals surface area contributed by atoms with Crippen LogP contribution in [0, 0.1) is 27.2 Å². The number of hydrogen-bond acceptors (Lipinski definition) is 5. The molecule has 0 aliphatic rings. The van der Waals surface area contributed by atoms with Crippen molar-refractivity contribution in [2.24, 2.45) is 0 Å². The number of nitro groups is 2. The minimum atomic E-state index is -0.540. The van der Waals surface area contributed by atoms with Crippen LogP contribution < -0.4 is 5.32 Å². The van der Waals surface area contributed by atoms with Crippen molar-refractivity contribution >= 4 is 29.0 Å². The Morgan fingerprint density at radius 3 is 2.17 bits per heavy atom. The number of hydrogen-bond donors (Lipinski definition) is 1. The summed E-state index contributed by atoms with van der Waals surface area (Å²) in [5.74, 6) is -0.461.